The lowest BCUT2D eigenvalue weighted by Crippen LogP contribution is -2.45. The summed E-state index contributed by atoms with van der Waals surface area (Å²) in [6.45, 7) is 9.98. The van der Waals surface area contributed by atoms with Gasteiger partial charge >= 0.3 is 6.09 Å². The van der Waals surface area contributed by atoms with Gasteiger partial charge in [0, 0.05) is 6.04 Å². The lowest BCUT2D eigenvalue weighted by Gasteiger charge is -2.38. The second-order valence-corrected chi connectivity index (χ2v) is 6.39. The van der Waals surface area contributed by atoms with Crippen molar-refractivity contribution >= 4 is 11.8 Å². The summed E-state index contributed by atoms with van der Waals surface area (Å²) in [5.74, 6) is 0.477. The van der Waals surface area contributed by atoms with Crippen LogP contribution >= 0.6 is 0 Å². The average Bonchev–Trinajstić information content (AvgIpc) is 2.26. The fourth-order valence-corrected chi connectivity index (χ4v) is 2.69. The Morgan fingerprint density at radius 3 is 2.53 bits per heavy atom. The lowest BCUT2D eigenvalue weighted by molar-refractivity contribution is 0.0562. The summed E-state index contributed by atoms with van der Waals surface area (Å²) in [6.07, 6.45) is 0.718. The molecule has 0 aromatic heterocycles. The third kappa shape index (κ3) is 2.91. The Morgan fingerprint density at radius 1 is 1.26 bits per heavy atom. The van der Waals surface area contributed by atoms with Gasteiger partial charge in [0.25, 0.3) is 0 Å². The van der Waals surface area contributed by atoms with Crippen molar-refractivity contribution in [1.82, 2.24) is 0 Å². The molecule has 0 radical (unpaired) electrons. The number of nitrogens with zero attached hydrogens (tertiary/aromatic N) is 1. The van der Waals surface area contributed by atoms with Crippen LogP contribution in [0.4, 0.5) is 10.5 Å². The summed E-state index contributed by atoms with van der Waals surface area (Å²) in [6, 6.07) is 8.27. The quantitative estimate of drug-likeness (QED) is 0.696. The van der Waals surface area contributed by atoms with Crippen LogP contribution in [-0.2, 0) is 4.74 Å². The van der Waals surface area contributed by atoms with Crippen molar-refractivity contribution in [3.8, 4) is 0 Å². The van der Waals surface area contributed by atoms with Crippen LogP contribution in [0.5, 0.6) is 0 Å². The molecule has 19 heavy (non-hydrogen) atoms. The lowest BCUT2D eigenvalue weighted by atomic mass is 9.88. The summed E-state index contributed by atoms with van der Waals surface area (Å²) in [5, 5.41) is 0. The number of hydrogen-bond donors (Lipinski definition) is 0. The molecule has 2 rings (SSSR count). The van der Waals surface area contributed by atoms with Crippen LogP contribution < -0.4 is 4.90 Å². The topological polar surface area (TPSA) is 29.5 Å². The molecule has 1 aliphatic heterocycles. The maximum atomic E-state index is 12.4. The Labute approximate surface area is 115 Å². The van der Waals surface area contributed by atoms with Gasteiger partial charge in [-0.2, -0.15) is 0 Å². The maximum Gasteiger partial charge on any atom is 0.415 e. The number of para-hydroxylation sites is 1. The molecule has 3 heteroatoms. The second kappa shape index (κ2) is 4.87. The molecule has 0 bridgehead atoms. The largest absolute Gasteiger partial charge is 0.443 e. The standard InChI is InChI=1S/C16H23NO2/c1-11-10-12(2)17(15(18)19-16(3,4)5)14-9-7-6-8-13(11)14/h6-9,11-12H,10H2,1-5H3. The van der Waals surface area contributed by atoms with Crippen molar-refractivity contribution in [3.05, 3.63) is 29.8 Å². The molecule has 2 atom stereocenters. The number of anilines is 1. The number of fused-ring (bicyclic) bond motifs is 1. The molecule has 0 saturated carbocycles. The van der Waals surface area contributed by atoms with Gasteiger partial charge in [-0.05, 0) is 51.7 Å². The predicted octanol–water partition coefficient (Wildman–Crippen LogP) is 4.32. The average molecular weight is 261 g/mol. The van der Waals surface area contributed by atoms with Crippen molar-refractivity contribution in [1.29, 1.82) is 0 Å². The number of rotatable bonds is 0. The van der Waals surface area contributed by atoms with Gasteiger partial charge in [0.05, 0.1) is 5.69 Å². The number of carbonyl (C=O) groups is 1. The molecule has 1 heterocycles. The van der Waals surface area contributed by atoms with Gasteiger partial charge in [0.15, 0.2) is 0 Å². The Kier molecular flexibility index (Phi) is 3.57. The van der Waals surface area contributed by atoms with Crippen LogP contribution in [0, 0.1) is 0 Å². The maximum absolute atomic E-state index is 12.4. The van der Waals surface area contributed by atoms with Crippen LogP contribution in [-0.4, -0.2) is 17.7 Å². The van der Waals surface area contributed by atoms with Crippen molar-refractivity contribution in [2.24, 2.45) is 0 Å². The van der Waals surface area contributed by atoms with E-state index in [1.54, 1.807) is 4.90 Å². The number of amides is 1. The fourth-order valence-electron chi connectivity index (χ4n) is 2.69. The van der Waals surface area contributed by atoms with Crippen molar-refractivity contribution in [3.63, 3.8) is 0 Å². The minimum atomic E-state index is -0.463. The SMILES string of the molecule is CC1CC(C)N(C(=O)OC(C)(C)C)c2ccccc21. The second-order valence-electron chi connectivity index (χ2n) is 6.39. The van der Waals surface area contributed by atoms with Crippen LogP contribution in [0.25, 0.3) is 0 Å². The van der Waals surface area contributed by atoms with Gasteiger partial charge in [-0.25, -0.2) is 4.79 Å². The highest BCUT2D eigenvalue weighted by Crippen LogP contribution is 2.38. The summed E-state index contributed by atoms with van der Waals surface area (Å²) < 4.78 is 5.53. The first-order chi connectivity index (χ1) is 8.79. The van der Waals surface area contributed by atoms with Crippen molar-refractivity contribution in [2.75, 3.05) is 4.90 Å². The van der Waals surface area contributed by atoms with Gasteiger partial charge in [-0.3, -0.25) is 4.90 Å². The highest BCUT2D eigenvalue weighted by atomic mass is 16.6. The molecule has 1 aromatic rings. The highest BCUT2D eigenvalue weighted by Gasteiger charge is 2.34. The number of hydrogen-bond acceptors (Lipinski definition) is 2. The van der Waals surface area contributed by atoms with Gasteiger partial charge in [0.2, 0.25) is 0 Å². The van der Waals surface area contributed by atoms with Gasteiger partial charge in [-0.1, -0.05) is 25.1 Å². The Bertz CT molecular complexity index is 476. The van der Waals surface area contributed by atoms with Crippen molar-refractivity contribution < 1.29 is 9.53 Å². The molecular formula is C16H23NO2. The van der Waals surface area contributed by atoms with Gasteiger partial charge in [0.1, 0.15) is 5.60 Å². The molecule has 1 aromatic carbocycles. The van der Waals surface area contributed by atoms with E-state index in [0.29, 0.717) is 5.92 Å². The third-order valence-corrected chi connectivity index (χ3v) is 3.45. The van der Waals surface area contributed by atoms with E-state index in [-0.39, 0.29) is 12.1 Å². The van der Waals surface area contributed by atoms with E-state index >= 15 is 0 Å². The summed E-state index contributed by atoms with van der Waals surface area (Å²) >= 11 is 0. The zero-order valence-electron chi connectivity index (χ0n) is 12.4. The third-order valence-electron chi connectivity index (χ3n) is 3.45. The van der Waals surface area contributed by atoms with Gasteiger partial charge < -0.3 is 4.74 Å². The fraction of sp³-hybridized carbons (Fsp3) is 0.562. The van der Waals surface area contributed by atoms with E-state index in [1.165, 1.54) is 5.56 Å². The van der Waals surface area contributed by atoms with Crippen molar-refractivity contribution in [2.45, 2.75) is 58.6 Å². The Morgan fingerprint density at radius 2 is 1.89 bits per heavy atom. The number of ether oxygens (including phenoxy) is 1. The zero-order chi connectivity index (χ0) is 14.2. The van der Waals surface area contributed by atoms with Crippen LogP contribution in [0.1, 0.15) is 52.5 Å². The van der Waals surface area contributed by atoms with E-state index in [2.05, 4.69) is 19.9 Å². The molecule has 0 spiro atoms. The molecule has 0 saturated heterocycles. The van der Waals surface area contributed by atoms with E-state index in [4.69, 9.17) is 4.74 Å². The van der Waals surface area contributed by atoms with Crippen LogP contribution in [0.3, 0.4) is 0 Å². The van der Waals surface area contributed by atoms with Crippen LogP contribution in [0.15, 0.2) is 24.3 Å². The van der Waals surface area contributed by atoms with Gasteiger partial charge in [-0.15, -0.1) is 0 Å². The minimum absolute atomic E-state index is 0.166. The highest BCUT2D eigenvalue weighted by molar-refractivity contribution is 5.90. The first-order valence-electron chi connectivity index (χ1n) is 6.91. The molecule has 0 aliphatic carbocycles. The van der Waals surface area contributed by atoms with E-state index in [1.807, 2.05) is 39.0 Å². The molecule has 3 nitrogen and oxygen atoms in total. The zero-order valence-corrected chi connectivity index (χ0v) is 12.4. The predicted molar refractivity (Wildman–Crippen MR) is 77.6 cm³/mol. The summed E-state index contributed by atoms with van der Waals surface area (Å²) in [5.41, 5.74) is 1.75. The minimum Gasteiger partial charge on any atom is -0.443 e. The number of carbonyl (C=O) groups excluding carboxylic acids is 1. The first-order valence-corrected chi connectivity index (χ1v) is 6.91. The molecule has 104 valence electrons. The van der Waals surface area contributed by atoms with E-state index in [9.17, 15) is 4.79 Å². The Balaban J connectivity index is 2.35. The molecule has 1 amide bonds. The van der Waals surface area contributed by atoms with E-state index < -0.39 is 5.60 Å². The normalized spacial score (nSPS) is 22.9. The Hall–Kier alpha value is -1.51. The smallest absolute Gasteiger partial charge is 0.415 e. The summed E-state index contributed by atoms with van der Waals surface area (Å²) in [4.78, 5) is 14.2. The van der Waals surface area contributed by atoms with E-state index in [0.717, 1.165) is 12.1 Å². The molecule has 1 aliphatic rings. The first kappa shape index (κ1) is 13.9. The molecule has 0 fully saturated rings. The summed E-state index contributed by atoms with van der Waals surface area (Å²) in [7, 11) is 0. The number of benzene rings is 1. The molecule has 0 N–H and O–H groups in total. The van der Waals surface area contributed by atoms with Crippen LogP contribution in [0.2, 0.25) is 0 Å². The monoisotopic (exact) mass is 261 g/mol. The molecule has 2 unspecified atom stereocenters. The molecular weight excluding hydrogens is 238 g/mol.